The van der Waals surface area contributed by atoms with E-state index in [1.165, 1.54) is 16.8 Å². The van der Waals surface area contributed by atoms with Crippen molar-refractivity contribution >= 4 is 29.3 Å². The first-order valence-electron chi connectivity index (χ1n) is 9.43. The molecule has 0 saturated carbocycles. The number of aromatic carboxylic acids is 1. The van der Waals surface area contributed by atoms with Gasteiger partial charge >= 0.3 is 5.97 Å². The lowest BCUT2D eigenvalue weighted by atomic mass is 10.1. The van der Waals surface area contributed by atoms with Gasteiger partial charge in [0.15, 0.2) is 0 Å². The van der Waals surface area contributed by atoms with Crippen LogP contribution in [0.1, 0.15) is 33.9 Å². The molecule has 2 aromatic carbocycles. The number of hydrogen-bond donors (Lipinski definition) is 3. The van der Waals surface area contributed by atoms with Crippen LogP contribution in [0, 0.1) is 13.8 Å². The van der Waals surface area contributed by atoms with Crippen LogP contribution >= 0.6 is 0 Å². The maximum absolute atomic E-state index is 13.0. The number of aromatic nitrogens is 2. The third kappa shape index (κ3) is 3.55. The van der Waals surface area contributed by atoms with Gasteiger partial charge in [-0.2, -0.15) is 5.10 Å². The molecule has 1 aliphatic rings. The SMILES string of the molecule is Cc1ccc(-c2nn3c(c2C)NC(=O)C[C@H]3C(=O)Nc2cccc(C(=O)O)c2)cc1. The monoisotopic (exact) mass is 404 g/mol. The van der Waals surface area contributed by atoms with Crippen LogP contribution in [-0.2, 0) is 9.59 Å². The number of hydrogen-bond acceptors (Lipinski definition) is 4. The largest absolute Gasteiger partial charge is 0.478 e. The van der Waals surface area contributed by atoms with Crippen molar-refractivity contribution in [2.24, 2.45) is 0 Å². The van der Waals surface area contributed by atoms with Crippen LogP contribution in [0.5, 0.6) is 0 Å². The van der Waals surface area contributed by atoms with E-state index in [0.29, 0.717) is 17.2 Å². The zero-order chi connectivity index (χ0) is 21.4. The Morgan fingerprint density at radius 1 is 1.17 bits per heavy atom. The summed E-state index contributed by atoms with van der Waals surface area (Å²) in [4.78, 5) is 36.4. The molecule has 0 saturated heterocycles. The summed E-state index contributed by atoms with van der Waals surface area (Å²) in [5.74, 6) is -1.32. The highest BCUT2D eigenvalue weighted by Crippen LogP contribution is 2.34. The molecular formula is C22H20N4O4. The van der Waals surface area contributed by atoms with E-state index in [4.69, 9.17) is 5.11 Å². The molecule has 3 N–H and O–H groups in total. The van der Waals surface area contributed by atoms with E-state index < -0.39 is 17.9 Å². The van der Waals surface area contributed by atoms with Crippen molar-refractivity contribution in [2.45, 2.75) is 26.3 Å². The van der Waals surface area contributed by atoms with Gasteiger partial charge in [-0.1, -0.05) is 35.9 Å². The van der Waals surface area contributed by atoms with Crippen molar-refractivity contribution in [2.75, 3.05) is 10.6 Å². The molecule has 1 atom stereocenters. The fourth-order valence-electron chi connectivity index (χ4n) is 3.48. The van der Waals surface area contributed by atoms with Gasteiger partial charge in [-0.3, -0.25) is 9.59 Å². The van der Waals surface area contributed by atoms with Crippen molar-refractivity contribution in [1.29, 1.82) is 0 Å². The van der Waals surface area contributed by atoms with Gasteiger partial charge in [0.25, 0.3) is 0 Å². The van der Waals surface area contributed by atoms with Crippen LogP contribution in [0.2, 0.25) is 0 Å². The van der Waals surface area contributed by atoms with E-state index in [0.717, 1.165) is 16.7 Å². The van der Waals surface area contributed by atoms with Gasteiger partial charge in [0.1, 0.15) is 11.9 Å². The van der Waals surface area contributed by atoms with Crippen molar-refractivity contribution < 1.29 is 19.5 Å². The molecular weight excluding hydrogens is 384 g/mol. The first-order valence-corrected chi connectivity index (χ1v) is 9.43. The minimum Gasteiger partial charge on any atom is -0.478 e. The molecule has 0 radical (unpaired) electrons. The first-order chi connectivity index (χ1) is 14.3. The molecule has 0 unspecified atom stereocenters. The molecule has 3 aromatic rings. The number of aryl methyl sites for hydroxylation is 1. The second-order valence-electron chi connectivity index (χ2n) is 7.28. The zero-order valence-corrected chi connectivity index (χ0v) is 16.5. The Morgan fingerprint density at radius 3 is 2.60 bits per heavy atom. The number of carbonyl (C=O) groups excluding carboxylic acids is 2. The van der Waals surface area contributed by atoms with Crippen molar-refractivity contribution in [3.63, 3.8) is 0 Å². The molecule has 0 spiro atoms. The fraction of sp³-hybridized carbons (Fsp3) is 0.182. The Hall–Kier alpha value is -3.94. The smallest absolute Gasteiger partial charge is 0.335 e. The predicted molar refractivity (Wildman–Crippen MR) is 111 cm³/mol. The molecule has 0 fully saturated rings. The lowest BCUT2D eigenvalue weighted by Gasteiger charge is -2.24. The normalized spacial score (nSPS) is 15.3. The number of amides is 2. The van der Waals surface area contributed by atoms with E-state index in [9.17, 15) is 14.4 Å². The fourth-order valence-corrected chi connectivity index (χ4v) is 3.48. The Bertz CT molecular complexity index is 1160. The highest BCUT2D eigenvalue weighted by atomic mass is 16.4. The molecule has 8 nitrogen and oxygen atoms in total. The molecule has 152 valence electrons. The number of nitrogens with one attached hydrogen (secondary N) is 2. The van der Waals surface area contributed by atoms with Crippen LogP contribution in [-0.4, -0.2) is 32.7 Å². The maximum Gasteiger partial charge on any atom is 0.335 e. The Morgan fingerprint density at radius 2 is 1.90 bits per heavy atom. The molecule has 8 heteroatoms. The highest BCUT2D eigenvalue weighted by Gasteiger charge is 2.34. The van der Waals surface area contributed by atoms with Crippen molar-refractivity contribution in [1.82, 2.24) is 9.78 Å². The van der Waals surface area contributed by atoms with E-state index >= 15 is 0 Å². The van der Waals surface area contributed by atoms with E-state index in [2.05, 4.69) is 15.7 Å². The van der Waals surface area contributed by atoms with Crippen LogP contribution in [0.4, 0.5) is 11.5 Å². The Labute approximate surface area is 172 Å². The molecule has 2 amide bonds. The van der Waals surface area contributed by atoms with Gasteiger partial charge in [-0.15, -0.1) is 0 Å². The lowest BCUT2D eigenvalue weighted by Crippen LogP contribution is -2.36. The van der Waals surface area contributed by atoms with Gasteiger partial charge < -0.3 is 15.7 Å². The molecule has 1 aliphatic heterocycles. The number of rotatable bonds is 4. The Kier molecular flexibility index (Phi) is 4.83. The summed E-state index contributed by atoms with van der Waals surface area (Å²) in [5, 5.41) is 19.3. The molecule has 2 heterocycles. The van der Waals surface area contributed by atoms with Crippen molar-refractivity contribution in [3.8, 4) is 11.3 Å². The number of anilines is 2. The molecule has 4 rings (SSSR count). The first kappa shape index (κ1) is 19.4. The number of benzene rings is 2. The summed E-state index contributed by atoms with van der Waals surface area (Å²) in [5.41, 5.74) is 3.88. The van der Waals surface area contributed by atoms with Crippen LogP contribution in [0.25, 0.3) is 11.3 Å². The van der Waals surface area contributed by atoms with Gasteiger partial charge in [-0.25, -0.2) is 9.48 Å². The van der Waals surface area contributed by atoms with Gasteiger partial charge in [0, 0.05) is 16.8 Å². The minimum absolute atomic E-state index is 0.0615. The average Bonchev–Trinajstić information content (AvgIpc) is 3.04. The standard InChI is InChI=1S/C22H20N4O4/c1-12-6-8-14(9-7-12)19-13(2)20-24-18(27)11-17(26(20)25-19)21(28)23-16-5-3-4-15(10-16)22(29)30/h3-10,17H,11H2,1-2H3,(H,23,28)(H,24,27)(H,29,30)/t17-/m0/s1. The molecule has 30 heavy (non-hydrogen) atoms. The second-order valence-corrected chi connectivity index (χ2v) is 7.28. The predicted octanol–water partition coefficient (Wildman–Crippen LogP) is 3.39. The maximum atomic E-state index is 13.0. The van der Waals surface area contributed by atoms with E-state index in [1.807, 2.05) is 38.1 Å². The zero-order valence-electron chi connectivity index (χ0n) is 16.5. The van der Waals surface area contributed by atoms with E-state index in [1.54, 1.807) is 12.1 Å². The van der Waals surface area contributed by atoms with Gasteiger partial charge in [0.2, 0.25) is 11.8 Å². The van der Waals surface area contributed by atoms with Crippen LogP contribution in [0.15, 0.2) is 48.5 Å². The lowest BCUT2D eigenvalue weighted by molar-refractivity contribution is -0.125. The summed E-state index contributed by atoms with van der Waals surface area (Å²) in [6, 6.07) is 13.0. The number of carboxylic acid groups (broad SMARTS) is 1. The number of carbonyl (C=O) groups is 3. The number of carboxylic acids is 1. The minimum atomic E-state index is -1.09. The molecule has 0 bridgehead atoms. The summed E-state index contributed by atoms with van der Waals surface area (Å²) in [6.07, 6.45) is -0.0636. The van der Waals surface area contributed by atoms with Crippen LogP contribution < -0.4 is 10.6 Å². The van der Waals surface area contributed by atoms with Crippen molar-refractivity contribution in [3.05, 3.63) is 65.2 Å². The summed E-state index contributed by atoms with van der Waals surface area (Å²) in [7, 11) is 0. The topological polar surface area (TPSA) is 113 Å². The van der Waals surface area contributed by atoms with Crippen LogP contribution in [0.3, 0.4) is 0 Å². The van der Waals surface area contributed by atoms with E-state index in [-0.39, 0.29) is 17.9 Å². The average molecular weight is 404 g/mol. The number of fused-ring (bicyclic) bond motifs is 1. The van der Waals surface area contributed by atoms with Gasteiger partial charge in [0.05, 0.1) is 17.7 Å². The third-order valence-electron chi connectivity index (χ3n) is 5.08. The molecule has 1 aromatic heterocycles. The third-order valence-corrected chi connectivity index (χ3v) is 5.08. The summed E-state index contributed by atoms with van der Waals surface area (Å²) >= 11 is 0. The quantitative estimate of drug-likeness (QED) is 0.617. The number of nitrogens with zero attached hydrogens (tertiary/aromatic N) is 2. The van der Waals surface area contributed by atoms with Gasteiger partial charge in [-0.05, 0) is 32.0 Å². The summed E-state index contributed by atoms with van der Waals surface area (Å²) in [6.45, 7) is 3.85. The molecule has 0 aliphatic carbocycles. The summed E-state index contributed by atoms with van der Waals surface area (Å²) < 4.78 is 1.53. The highest BCUT2D eigenvalue weighted by molar-refractivity contribution is 6.02. The second kappa shape index (κ2) is 7.47. The Balaban J connectivity index is 1.68.